The van der Waals surface area contributed by atoms with Crippen LogP contribution in [0.4, 0.5) is 0 Å². The van der Waals surface area contributed by atoms with Crippen molar-refractivity contribution in [1.29, 1.82) is 0 Å². The SMILES string of the molecule is NC(=O)C(N)(CCSc1ccccc1Br)c1ccccc1. The molecule has 0 aliphatic carbocycles. The molecule has 0 saturated heterocycles. The number of halogens is 1. The van der Waals surface area contributed by atoms with Crippen LogP contribution in [0, 0.1) is 0 Å². The van der Waals surface area contributed by atoms with E-state index in [1.165, 1.54) is 0 Å². The van der Waals surface area contributed by atoms with E-state index in [4.69, 9.17) is 11.5 Å². The molecule has 3 nitrogen and oxygen atoms in total. The quantitative estimate of drug-likeness (QED) is 0.772. The van der Waals surface area contributed by atoms with Crippen molar-refractivity contribution in [3.05, 3.63) is 64.6 Å². The summed E-state index contributed by atoms with van der Waals surface area (Å²) in [6.45, 7) is 0. The summed E-state index contributed by atoms with van der Waals surface area (Å²) in [6, 6.07) is 17.3. The van der Waals surface area contributed by atoms with Gasteiger partial charge in [0.1, 0.15) is 5.54 Å². The molecule has 4 N–H and O–H groups in total. The Morgan fingerprint density at radius 2 is 1.71 bits per heavy atom. The predicted molar refractivity (Wildman–Crippen MR) is 91.0 cm³/mol. The zero-order chi connectivity index (χ0) is 15.3. The molecule has 0 spiro atoms. The maximum absolute atomic E-state index is 11.8. The molecular formula is C16H17BrN2OS. The summed E-state index contributed by atoms with van der Waals surface area (Å²) >= 11 is 5.16. The summed E-state index contributed by atoms with van der Waals surface area (Å²) < 4.78 is 1.04. The van der Waals surface area contributed by atoms with Crippen molar-refractivity contribution in [3.63, 3.8) is 0 Å². The smallest absolute Gasteiger partial charge is 0.242 e. The van der Waals surface area contributed by atoms with E-state index in [2.05, 4.69) is 15.9 Å². The van der Waals surface area contributed by atoms with Gasteiger partial charge in [0, 0.05) is 15.1 Å². The lowest BCUT2D eigenvalue weighted by Crippen LogP contribution is -2.49. The van der Waals surface area contributed by atoms with E-state index >= 15 is 0 Å². The summed E-state index contributed by atoms with van der Waals surface area (Å²) in [5, 5.41) is 0. The fourth-order valence-electron chi connectivity index (χ4n) is 2.03. The number of nitrogens with two attached hydrogens (primary N) is 2. The molecule has 0 radical (unpaired) electrons. The fraction of sp³-hybridized carbons (Fsp3) is 0.188. The number of hydrogen-bond acceptors (Lipinski definition) is 3. The summed E-state index contributed by atoms with van der Waals surface area (Å²) in [6.07, 6.45) is 0.484. The number of benzene rings is 2. The van der Waals surface area contributed by atoms with Crippen molar-refractivity contribution in [1.82, 2.24) is 0 Å². The van der Waals surface area contributed by atoms with Crippen LogP contribution in [-0.2, 0) is 10.3 Å². The number of thioether (sulfide) groups is 1. The highest BCUT2D eigenvalue weighted by Crippen LogP contribution is 2.30. The van der Waals surface area contributed by atoms with E-state index in [-0.39, 0.29) is 0 Å². The Bertz CT molecular complexity index is 621. The van der Waals surface area contributed by atoms with Crippen LogP contribution in [0.5, 0.6) is 0 Å². The minimum Gasteiger partial charge on any atom is -0.368 e. The van der Waals surface area contributed by atoms with Gasteiger partial charge in [-0.2, -0.15) is 0 Å². The lowest BCUT2D eigenvalue weighted by molar-refractivity contribution is -0.123. The van der Waals surface area contributed by atoms with E-state index in [1.807, 2.05) is 54.6 Å². The molecule has 0 fully saturated rings. The second-order valence-electron chi connectivity index (χ2n) is 4.73. The zero-order valence-corrected chi connectivity index (χ0v) is 13.9. The fourth-order valence-corrected chi connectivity index (χ4v) is 3.68. The first-order valence-electron chi connectivity index (χ1n) is 6.55. The van der Waals surface area contributed by atoms with Crippen molar-refractivity contribution in [2.24, 2.45) is 11.5 Å². The molecule has 2 aromatic rings. The Kier molecular flexibility index (Phi) is 5.45. The Morgan fingerprint density at radius 3 is 2.33 bits per heavy atom. The molecule has 110 valence electrons. The van der Waals surface area contributed by atoms with Gasteiger partial charge in [0.2, 0.25) is 5.91 Å². The van der Waals surface area contributed by atoms with Crippen LogP contribution in [0.3, 0.4) is 0 Å². The third kappa shape index (κ3) is 3.87. The number of carbonyl (C=O) groups excluding carboxylic acids is 1. The predicted octanol–water partition coefficient (Wildman–Crippen LogP) is 3.27. The zero-order valence-electron chi connectivity index (χ0n) is 11.5. The standard InChI is InChI=1S/C16H17BrN2OS/c17-13-8-4-5-9-14(13)21-11-10-16(19,15(18)20)12-6-2-1-3-7-12/h1-9H,10-11,19H2,(H2,18,20). The number of hydrogen-bond donors (Lipinski definition) is 2. The van der Waals surface area contributed by atoms with E-state index in [1.54, 1.807) is 11.8 Å². The van der Waals surface area contributed by atoms with Gasteiger partial charge in [0.25, 0.3) is 0 Å². The maximum atomic E-state index is 11.8. The van der Waals surface area contributed by atoms with E-state index in [9.17, 15) is 4.79 Å². The first-order chi connectivity index (χ1) is 10.0. The van der Waals surface area contributed by atoms with Crippen LogP contribution >= 0.6 is 27.7 Å². The molecule has 0 saturated carbocycles. The van der Waals surface area contributed by atoms with Gasteiger partial charge in [0.05, 0.1) is 0 Å². The van der Waals surface area contributed by atoms with Gasteiger partial charge < -0.3 is 11.5 Å². The first-order valence-corrected chi connectivity index (χ1v) is 8.33. The van der Waals surface area contributed by atoms with Gasteiger partial charge >= 0.3 is 0 Å². The first kappa shape index (κ1) is 16.1. The van der Waals surface area contributed by atoms with Crippen LogP contribution in [-0.4, -0.2) is 11.7 Å². The second kappa shape index (κ2) is 7.11. The van der Waals surface area contributed by atoms with Crippen LogP contribution < -0.4 is 11.5 Å². The van der Waals surface area contributed by atoms with E-state index < -0.39 is 11.4 Å². The highest BCUT2D eigenvalue weighted by molar-refractivity contribution is 9.10. The molecule has 1 unspecified atom stereocenters. The third-order valence-electron chi connectivity index (χ3n) is 3.32. The molecule has 5 heteroatoms. The lowest BCUT2D eigenvalue weighted by atomic mass is 9.88. The molecule has 1 atom stereocenters. The minimum atomic E-state index is -1.13. The largest absolute Gasteiger partial charge is 0.368 e. The highest BCUT2D eigenvalue weighted by atomic mass is 79.9. The summed E-state index contributed by atoms with van der Waals surface area (Å²) in [5.41, 5.74) is 11.4. The van der Waals surface area contributed by atoms with Gasteiger partial charge in [-0.05, 0) is 40.0 Å². The molecular weight excluding hydrogens is 348 g/mol. The molecule has 0 aromatic heterocycles. The number of amides is 1. The summed E-state index contributed by atoms with van der Waals surface area (Å²) in [5.74, 6) is 0.207. The average Bonchev–Trinajstić information content (AvgIpc) is 2.49. The average molecular weight is 365 g/mol. The Balaban J connectivity index is 2.08. The number of carbonyl (C=O) groups is 1. The second-order valence-corrected chi connectivity index (χ2v) is 6.72. The van der Waals surface area contributed by atoms with Crippen molar-refractivity contribution >= 4 is 33.6 Å². The van der Waals surface area contributed by atoms with Gasteiger partial charge in [-0.15, -0.1) is 11.8 Å². The Morgan fingerprint density at radius 1 is 1.10 bits per heavy atom. The van der Waals surface area contributed by atoms with Gasteiger partial charge in [0.15, 0.2) is 0 Å². The van der Waals surface area contributed by atoms with Crippen LogP contribution in [0.15, 0.2) is 64.0 Å². The van der Waals surface area contributed by atoms with Crippen molar-refractivity contribution in [3.8, 4) is 0 Å². The summed E-state index contributed by atoms with van der Waals surface area (Å²) in [7, 11) is 0. The molecule has 0 aliphatic rings. The minimum absolute atomic E-state index is 0.484. The lowest BCUT2D eigenvalue weighted by Gasteiger charge is -2.26. The van der Waals surface area contributed by atoms with Crippen LogP contribution in [0.2, 0.25) is 0 Å². The van der Waals surface area contributed by atoms with E-state index in [0.29, 0.717) is 12.2 Å². The maximum Gasteiger partial charge on any atom is 0.242 e. The monoisotopic (exact) mass is 364 g/mol. The van der Waals surface area contributed by atoms with Gasteiger partial charge in [-0.3, -0.25) is 4.79 Å². The van der Waals surface area contributed by atoms with Gasteiger partial charge in [-0.25, -0.2) is 0 Å². The number of rotatable bonds is 6. The number of primary amides is 1. The van der Waals surface area contributed by atoms with Crippen molar-refractivity contribution < 1.29 is 4.79 Å². The normalized spacial score (nSPS) is 13.6. The van der Waals surface area contributed by atoms with Crippen LogP contribution in [0.1, 0.15) is 12.0 Å². The molecule has 2 aromatic carbocycles. The summed E-state index contributed by atoms with van der Waals surface area (Å²) in [4.78, 5) is 12.9. The third-order valence-corrected chi connectivity index (χ3v) is 5.35. The molecule has 1 amide bonds. The van der Waals surface area contributed by atoms with Crippen molar-refractivity contribution in [2.75, 3.05) is 5.75 Å². The van der Waals surface area contributed by atoms with E-state index in [0.717, 1.165) is 14.9 Å². The highest BCUT2D eigenvalue weighted by Gasteiger charge is 2.33. The molecule has 0 bridgehead atoms. The van der Waals surface area contributed by atoms with Crippen molar-refractivity contribution in [2.45, 2.75) is 16.9 Å². The topological polar surface area (TPSA) is 69.1 Å². The Hall–Kier alpha value is -1.30. The molecule has 2 rings (SSSR count). The molecule has 21 heavy (non-hydrogen) atoms. The Labute approximate surface area is 137 Å². The van der Waals surface area contributed by atoms with Crippen LogP contribution in [0.25, 0.3) is 0 Å². The molecule has 0 aliphatic heterocycles. The van der Waals surface area contributed by atoms with Gasteiger partial charge in [-0.1, -0.05) is 42.5 Å². The molecule has 0 heterocycles.